The number of pyridine rings is 2. The fourth-order valence-electron chi connectivity index (χ4n) is 4.99. The van der Waals surface area contributed by atoms with Gasteiger partial charge in [0.05, 0.1) is 27.3 Å². The van der Waals surface area contributed by atoms with Crippen molar-refractivity contribution < 1.29 is 4.57 Å². The molecule has 0 atom stereocenters. The molecule has 3 aromatic carbocycles. The predicted molar refractivity (Wildman–Crippen MR) is 121 cm³/mol. The van der Waals surface area contributed by atoms with E-state index in [1.807, 2.05) is 11.8 Å². The Bertz CT molecular complexity index is 1570. The first-order chi connectivity index (χ1) is 13.6. The Hall–Kier alpha value is -2.78. The second kappa shape index (κ2) is 5.39. The second-order valence-electron chi connectivity index (χ2n) is 7.80. The van der Waals surface area contributed by atoms with Crippen LogP contribution in [0, 0.1) is 13.8 Å². The number of nitrogens with zero attached hydrogens (tertiary/aromatic N) is 2. The van der Waals surface area contributed by atoms with E-state index in [1.165, 1.54) is 65.0 Å². The second-order valence-corrected chi connectivity index (χ2v) is 8.65. The molecule has 0 unspecified atom stereocenters. The Morgan fingerprint density at radius 3 is 2.54 bits per heavy atom. The minimum absolute atomic E-state index is 1.30. The van der Waals surface area contributed by atoms with Crippen LogP contribution in [-0.4, -0.2) is 10.7 Å². The maximum Gasteiger partial charge on any atom is 0.224 e. The van der Waals surface area contributed by atoms with E-state index in [-0.39, 0.29) is 0 Å². The van der Waals surface area contributed by atoms with Crippen LogP contribution in [0.4, 0.5) is 0 Å². The van der Waals surface area contributed by atoms with Crippen LogP contribution in [0.25, 0.3) is 49.0 Å². The lowest BCUT2D eigenvalue weighted by Gasteiger charge is -2.15. The molecule has 0 aliphatic carbocycles. The van der Waals surface area contributed by atoms with Crippen molar-refractivity contribution in [1.29, 1.82) is 0 Å². The number of fused-ring (bicyclic) bond motifs is 5. The van der Waals surface area contributed by atoms with E-state index in [1.54, 1.807) is 0 Å². The summed E-state index contributed by atoms with van der Waals surface area (Å²) in [5.41, 5.74) is 8.04. The van der Waals surface area contributed by atoms with E-state index < -0.39 is 0 Å². The monoisotopic (exact) mass is 381 g/mol. The third kappa shape index (κ3) is 1.78. The maximum atomic E-state index is 2.52. The van der Waals surface area contributed by atoms with E-state index in [0.29, 0.717) is 0 Å². The molecule has 0 aliphatic rings. The zero-order chi connectivity index (χ0) is 19.2. The van der Waals surface area contributed by atoms with Crippen LogP contribution < -0.4 is 4.57 Å². The number of thioether (sulfide) groups is 1. The molecular formula is C25H21N2S+. The summed E-state index contributed by atoms with van der Waals surface area (Å²) >= 11 is 1.83. The van der Waals surface area contributed by atoms with E-state index in [9.17, 15) is 0 Å². The molecule has 28 heavy (non-hydrogen) atoms. The predicted octanol–water partition coefficient (Wildman–Crippen LogP) is 6.15. The minimum atomic E-state index is 1.30. The van der Waals surface area contributed by atoms with Gasteiger partial charge in [0.1, 0.15) is 7.05 Å². The number of aryl methyl sites for hydroxylation is 3. The third-order valence-electron chi connectivity index (χ3n) is 6.40. The standard InChI is InChI=1S/C25H21N2S/c1-14-13-18-17-7-5-6-8-19(17)27-23(18)21(15(14)2)25-22-16(11-12-26(25)3)9-10-20(28-4)24(22)27/h5-13H,1-4H3/q+1. The van der Waals surface area contributed by atoms with E-state index in [0.717, 1.165) is 0 Å². The summed E-state index contributed by atoms with van der Waals surface area (Å²) in [5, 5.41) is 6.73. The molecule has 3 heterocycles. The molecule has 3 heteroatoms. The zero-order valence-electron chi connectivity index (χ0n) is 16.5. The SMILES string of the molecule is CSc1ccc2cc[n+](C)c3c4c(C)c(C)cc5c6ccccc6n(c1c23)c54. The molecule has 0 radical (unpaired) electrons. The van der Waals surface area contributed by atoms with Gasteiger partial charge in [-0.15, -0.1) is 11.8 Å². The van der Waals surface area contributed by atoms with Crippen molar-refractivity contribution in [2.45, 2.75) is 18.7 Å². The van der Waals surface area contributed by atoms with Gasteiger partial charge in [0.2, 0.25) is 5.52 Å². The molecule has 6 aromatic rings. The quantitative estimate of drug-likeness (QED) is 0.143. The van der Waals surface area contributed by atoms with Gasteiger partial charge in [-0.25, -0.2) is 4.57 Å². The largest absolute Gasteiger partial charge is 0.306 e. The molecule has 0 N–H and O–H groups in total. The average molecular weight is 382 g/mol. The van der Waals surface area contributed by atoms with Crippen molar-refractivity contribution in [1.82, 2.24) is 4.40 Å². The Labute approximate surface area is 167 Å². The fourth-order valence-corrected chi connectivity index (χ4v) is 5.58. The van der Waals surface area contributed by atoms with E-state index >= 15 is 0 Å². The number of hydrogen-bond acceptors (Lipinski definition) is 1. The molecule has 3 aromatic heterocycles. The van der Waals surface area contributed by atoms with Crippen molar-refractivity contribution in [3.05, 3.63) is 65.9 Å². The van der Waals surface area contributed by atoms with Gasteiger partial charge < -0.3 is 4.40 Å². The van der Waals surface area contributed by atoms with E-state index in [2.05, 4.69) is 90.8 Å². The highest BCUT2D eigenvalue weighted by molar-refractivity contribution is 7.98. The van der Waals surface area contributed by atoms with Crippen molar-refractivity contribution in [2.75, 3.05) is 6.26 Å². The van der Waals surface area contributed by atoms with Crippen LogP contribution in [0.5, 0.6) is 0 Å². The summed E-state index contributed by atoms with van der Waals surface area (Å²) in [4.78, 5) is 1.33. The highest BCUT2D eigenvalue weighted by Crippen LogP contribution is 2.43. The number of rotatable bonds is 1. The normalized spacial score (nSPS) is 12.4. The smallest absolute Gasteiger partial charge is 0.224 e. The molecule has 0 spiro atoms. The van der Waals surface area contributed by atoms with E-state index in [4.69, 9.17) is 0 Å². The number of para-hydroxylation sites is 1. The summed E-state index contributed by atoms with van der Waals surface area (Å²) < 4.78 is 4.83. The fraction of sp³-hybridized carbons (Fsp3) is 0.160. The van der Waals surface area contributed by atoms with Gasteiger partial charge >= 0.3 is 0 Å². The lowest BCUT2D eigenvalue weighted by molar-refractivity contribution is -0.643. The van der Waals surface area contributed by atoms with Gasteiger partial charge in [-0.1, -0.05) is 24.3 Å². The number of benzene rings is 3. The highest BCUT2D eigenvalue weighted by atomic mass is 32.2. The molecule has 0 bridgehead atoms. The Morgan fingerprint density at radius 2 is 1.71 bits per heavy atom. The van der Waals surface area contributed by atoms with Gasteiger partial charge in [-0.05, 0) is 54.8 Å². The lowest BCUT2D eigenvalue weighted by Crippen LogP contribution is -2.29. The number of hydrogen-bond donors (Lipinski definition) is 0. The third-order valence-corrected chi connectivity index (χ3v) is 7.17. The van der Waals surface area contributed by atoms with Gasteiger partial charge in [0, 0.05) is 21.7 Å². The Morgan fingerprint density at radius 1 is 0.893 bits per heavy atom. The van der Waals surface area contributed by atoms with Crippen molar-refractivity contribution in [3.8, 4) is 0 Å². The summed E-state index contributed by atoms with van der Waals surface area (Å²) in [7, 11) is 2.18. The van der Waals surface area contributed by atoms with Crippen molar-refractivity contribution >= 4 is 60.8 Å². The van der Waals surface area contributed by atoms with Crippen LogP contribution in [0.3, 0.4) is 0 Å². The van der Waals surface area contributed by atoms with Crippen molar-refractivity contribution in [3.63, 3.8) is 0 Å². The van der Waals surface area contributed by atoms with Crippen LogP contribution in [0.1, 0.15) is 11.1 Å². The van der Waals surface area contributed by atoms with Gasteiger partial charge in [-0.2, -0.15) is 0 Å². The van der Waals surface area contributed by atoms with Crippen molar-refractivity contribution in [2.24, 2.45) is 7.05 Å². The molecule has 6 rings (SSSR count). The van der Waals surface area contributed by atoms with Crippen LogP contribution in [0.15, 0.2) is 59.6 Å². The Kier molecular flexibility index (Phi) is 3.12. The van der Waals surface area contributed by atoms with Crippen LogP contribution >= 0.6 is 11.8 Å². The first-order valence-corrected chi connectivity index (χ1v) is 10.9. The maximum absolute atomic E-state index is 2.52. The molecular weight excluding hydrogens is 360 g/mol. The molecule has 0 saturated heterocycles. The van der Waals surface area contributed by atoms with Crippen LogP contribution in [-0.2, 0) is 7.05 Å². The van der Waals surface area contributed by atoms with Gasteiger partial charge in [-0.3, -0.25) is 0 Å². The molecule has 0 fully saturated rings. The molecule has 136 valence electrons. The van der Waals surface area contributed by atoms with Gasteiger partial charge in [0.15, 0.2) is 6.20 Å². The Balaban J connectivity index is 2.17. The molecule has 0 aliphatic heterocycles. The summed E-state index contributed by atoms with van der Waals surface area (Å²) in [6.07, 6.45) is 4.38. The van der Waals surface area contributed by atoms with Gasteiger partial charge in [0.25, 0.3) is 0 Å². The number of aromatic nitrogens is 2. The highest BCUT2D eigenvalue weighted by Gasteiger charge is 2.25. The molecule has 0 amide bonds. The topological polar surface area (TPSA) is 8.29 Å². The summed E-state index contributed by atoms with van der Waals surface area (Å²) in [5.74, 6) is 0. The summed E-state index contributed by atoms with van der Waals surface area (Å²) in [6, 6.07) is 18.0. The summed E-state index contributed by atoms with van der Waals surface area (Å²) in [6.45, 7) is 4.51. The average Bonchev–Trinajstić information content (AvgIpc) is 3.04. The minimum Gasteiger partial charge on any atom is -0.306 e. The molecule has 2 nitrogen and oxygen atoms in total. The van der Waals surface area contributed by atoms with Crippen LogP contribution in [0.2, 0.25) is 0 Å². The zero-order valence-corrected chi connectivity index (χ0v) is 17.3. The first-order valence-electron chi connectivity index (χ1n) is 9.65. The lowest BCUT2D eigenvalue weighted by atomic mass is 9.96. The first kappa shape index (κ1) is 16.2. The molecule has 0 saturated carbocycles.